The highest BCUT2D eigenvalue weighted by Crippen LogP contribution is 2.58. The zero-order valence-electron chi connectivity index (χ0n) is 11.5. The van der Waals surface area contributed by atoms with Gasteiger partial charge in [0.25, 0.3) is 0 Å². The van der Waals surface area contributed by atoms with Gasteiger partial charge in [-0.25, -0.2) is 0 Å². The van der Waals surface area contributed by atoms with E-state index in [2.05, 4.69) is 13.8 Å². The maximum atomic E-state index is 6.39. The molecule has 3 fully saturated rings. The Morgan fingerprint density at radius 2 is 2.16 bits per heavy atom. The maximum absolute atomic E-state index is 6.39. The van der Waals surface area contributed by atoms with Gasteiger partial charge in [-0.3, -0.25) is 0 Å². The molecule has 1 aromatic rings. The van der Waals surface area contributed by atoms with Gasteiger partial charge in [0.15, 0.2) is 5.79 Å². The lowest BCUT2D eigenvalue weighted by atomic mass is 9.90. The zero-order valence-corrected chi connectivity index (χ0v) is 11.5. The number of ether oxygens (including phenoxy) is 3. The van der Waals surface area contributed by atoms with Crippen molar-refractivity contribution < 1.29 is 18.6 Å². The highest BCUT2D eigenvalue weighted by atomic mass is 16.8. The predicted octanol–water partition coefficient (Wildman–Crippen LogP) is 3.17. The van der Waals surface area contributed by atoms with E-state index in [9.17, 15) is 0 Å². The van der Waals surface area contributed by atoms with Crippen molar-refractivity contribution in [2.75, 3.05) is 6.61 Å². The number of hydrogen-bond donors (Lipinski definition) is 0. The van der Waals surface area contributed by atoms with Crippen LogP contribution in [0.25, 0.3) is 0 Å². The Morgan fingerprint density at radius 1 is 1.26 bits per heavy atom. The van der Waals surface area contributed by atoms with Gasteiger partial charge < -0.3 is 18.6 Å². The normalized spacial score (nSPS) is 49.1. The summed E-state index contributed by atoms with van der Waals surface area (Å²) in [4.78, 5) is 0. The van der Waals surface area contributed by atoms with Crippen LogP contribution < -0.4 is 0 Å². The van der Waals surface area contributed by atoms with Crippen LogP contribution in [0.1, 0.15) is 45.1 Å². The van der Waals surface area contributed by atoms with E-state index in [4.69, 9.17) is 18.6 Å². The van der Waals surface area contributed by atoms with Crippen molar-refractivity contribution in [2.45, 2.75) is 56.7 Å². The average molecular weight is 264 g/mol. The molecule has 4 rings (SSSR count). The third-order valence-corrected chi connectivity index (χ3v) is 4.64. The van der Waals surface area contributed by atoms with E-state index in [1.54, 1.807) is 12.5 Å². The summed E-state index contributed by atoms with van der Waals surface area (Å²) in [6.45, 7) is 5.16. The van der Waals surface area contributed by atoms with Crippen molar-refractivity contribution in [2.24, 2.45) is 5.92 Å². The summed E-state index contributed by atoms with van der Waals surface area (Å²) >= 11 is 0. The first-order valence-electron chi connectivity index (χ1n) is 7.10. The molecule has 0 aliphatic carbocycles. The SMILES string of the molecule is CC1COC2(C1)CC1(C)CCC(c3ccoc3)(O1)O2. The number of rotatable bonds is 1. The van der Waals surface area contributed by atoms with Gasteiger partial charge >= 0.3 is 0 Å². The molecule has 104 valence electrons. The van der Waals surface area contributed by atoms with Crippen molar-refractivity contribution >= 4 is 0 Å². The molecule has 4 unspecified atom stereocenters. The summed E-state index contributed by atoms with van der Waals surface area (Å²) < 4.78 is 23.9. The second kappa shape index (κ2) is 3.62. The molecule has 1 spiro atoms. The molecule has 4 heterocycles. The molecule has 0 N–H and O–H groups in total. The fourth-order valence-electron chi connectivity index (χ4n) is 3.91. The lowest BCUT2D eigenvalue weighted by molar-refractivity contribution is -0.406. The predicted molar refractivity (Wildman–Crippen MR) is 67.3 cm³/mol. The van der Waals surface area contributed by atoms with Crippen molar-refractivity contribution in [1.82, 2.24) is 0 Å². The van der Waals surface area contributed by atoms with Crippen LogP contribution in [-0.2, 0) is 20.0 Å². The third-order valence-electron chi connectivity index (χ3n) is 4.64. The van der Waals surface area contributed by atoms with Crippen molar-refractivity contribution in [1.29, 1.82) is 0 Å². The molecule has 4 atom stereocenters. The van der Waals surface area contributed by atoms with Crippen LogP contribution in [0, 0.1) is 5.92 Å². The molecule has 3 aliphatic rings. The second-order valence-electron chi connectivity index (χ2n) is 6.63. The second-order valence-corrected chi connectivity index (χ2v) is 6.63. The van der Waals surface area contributed by atoms with Crippen LogP contribution in [0.2, 0.25) is 0 Å². The van der Waals surface area contributed by atoms with Gasteiger partial charge in [0.05, 0.1) is 24.7 Å². The van der Waals surface area contributed by atoms with Crippen LogP contribution in [-0.4, -0.2) is 18.0 Å². The highest BCUT2D eigenvalue weighted by molar-refractivity contribution is 5.19. The van der Waals surface area contributed by atoms with Gasteiger partial charge in [0.2, 0.25) is 5.79 Å². The first-order valence-corrected chi connectivity index (χ1v) is 7.10. The molecule has 1 aromatic heterocycles. The number of fused-ring (bicyclic) bond motifs is 2. The Hall–Kier alpha value is -0.840. The molecule has 0 radical (unpaired) electrons. The Bertz CT molecular complexity index is 484. The van der Waals surface area contributed by atoms with Crippen molar-refractivity contribution in [3.63, 3.8) is 0 Å². The third kappa shape index (κ3) is 1.70. The van der Waals surface area contributed by atoms with Crippen LogP contribution in [0.15, 0.2) is 23.0 Å². The minimum Gasteiger partial charge on any atom is -0.472 e. The monoisotopic (exact) mass is 264 g/mol. The summed E-state index contributed by atoms with van der Waals surface area (Å²) in [5.41, 5.74) is 0.818. The smallest absolute Gasteiger partial charge is 0.201 e. The molecular formula is C15H20O4. The van der Waals surface area contributed by atoms with Gasteiger partial charge in [-0.05, 0) is 25.3 Å². The lowest BCUT2D eigenvalue weighted by Gasteiger charge is -2.47. The van der Waals surface area contributed by atoms with Crippen LogP contribution >= 0.6 is 0 Å². The standard InChI is InChI=1S/C15H20O4/c1-11-7-14(17-8-11)10-13(2)4-5-15(18-13,19-14)12-3-6-16-9-12/h3,6,9,11H,4-5,7-8,10H2,1-2H3. The Labute approximate surface area is 113 Å². The molecule has 2 bridgehead atoms. The van der Waals surface area contributed by atoms with E-state index in [0.29, 0.717) is 5.92 Å². The molecule has 3 aliphatic heterocycles. The summed E-state index contributed by atoms with van der Waals surface area (Å²) in [6.07, 6.45) is 7.03. The first kappa shape index (κ1) is 11.9. The summed E-state index contributed by atoms with van der Waals surface area (Å²) in [7, 11) is 0. The summed E-state index contributed by atoms with van der Waals surface area (Å²) in [5.74, 6) is -0.605. The van der Waals surface area contributed by atoms with E-state index in [1.807, 2.05) is 6.07 Å². The topological polar surface area (TPSA) is 40.8 Å². The fourth-order valence-corrected chi connectivity index (χ4v) is 3.91. The van der Waals surface area contributed by atoms with Gasteiger partial charge in [-0.1, -0.05) is 6.92 Å². The Balaban J connectivity index is 1.74. The van der Waals surface area contributed by atoms with Crippen molar-refractivity contribution in [3.05, 3.63) is 24.2 Å². The molecule has 4 nitrogen and oxygen atoms in total. The van der Waals surface area contributed by atoms with Gasteiger partial charge in [0.1, 0.15) is 0 Å². The van der Waals surface area contributed by atoms with E-state index in [0.717, 1.165) is 37.9 Å². The summed E-state index contributed by atoms with van der Waals surface area (Å²) in [6, 6.07) is 1.93. The maximum Gasteiger partial charge on any atom is 0.201 e. The van der Waals surface area contributed by atoms with Crippen LogP contribution in [0.5, 0.6) is 0 Å². The van der Waals surface area contributed by atoms with Gasteiger partial charge in [-0.15, -0.1) is 0 Å². The minimum absolute atomic E-state index is 0.153. The zero-order chi connectivity index (χ0) is 13.1. The molecule has 0 aromatic carbocycles. The van der Waals surface area contributed by atoms with Crippen molar-refractivity contribution in [3.8, 4) is 0 Å². The number of furan rings is 1. The molecule has 3 saturated heterocycles. The average Bonchev–Trinajstić information content (AvgIpc) is 3.01. The molecule has 0 saturated carbocycles. The first-order chi connectivity index (χ1) is 9.03. The van der Waals surface area contributed by atoms with Gasteiger partial charge in [0, 0.05) is 24.8 Å². The van der Waals surface area contributed by atoms with E-state index in [-0.39, 0.29) is 5.60 Å². The molecular weight excluding hydrogens is 244 g/mol. The number of hydrogen-bond acceptors (Lipinski definition) is 4. The quantitative estimate of drug-likeness (QED) is 0.781. The molecule has 4 heteroatoms. The molecule has 0 amide bonds. The van der Waals surface area contributed by atoms with E-state index >= 15 is 0 Å². The van der Waals surface area contributed by atoms with Crippen LogP contribution in [0.4, 0.5) is 0 Å². The highest BCUT2D eigenvalue weighted by Gasteiger charge is 2.62. The lowest BCUT2D eigenvalue weighted by Crippen LogP contribution is -2.52. The Morgan fingerprint density at radius 3 is 2.84 bits per heavy atom. The van der Waals surface area contributed by atoms with E-state index in [1.165, 1.54) is 0 Å². The molecule has 19 heavy (non-hydrogen) atoms. The van der Waals surface area contributed by atoms with Crippen LogP contribution in [0.3, 0.4) is 0 Å². The van der Waals surface area contributed by atoms with Gasteiger partial charge in [-0.2, -0.15) is 0 Å². The van der Waals surface area contributed by atoms with E-state index < -0.39 is 11.6 Å². The largest absolute Gasteiger partial charge is 0.472 e. The Kier molecular flexibility index (Phi) is 2.28. The summed E-state index contributed by atoms with van der Waals surface area (Å²) in [5, 5.41) is 0. The fraction of sp³-hybridized carbons (Fsp3) is 0.733. The minimum atomic E-state index is -0.677.